The molecule has 1 amide bonds. The Hall–Kier alpha value is -1.01. The van der Waals surface area contributed by atoms with Gasteiger partial charge in [0, 0.05) is 31.4 Å². The number of halogens is 1. The Balaban J connectivity index is 1.76. The molecule has 4 atom stereocenters. The van der Waals surface area contributed by atoms with Gasteiger partial charge in [0.05, 0.1) is 19.1 Å². The maximum atomic E-state index is 14.0. The molecule has 3 rings (SSSR count). The first-order chi connectivity index (χ1) is 8.66. The quantitative estimate of drug-likeness (QED) is 0.680. The predicted octanol–water partition coefficient (Wildman–Crippen LogP) is -0.589. The number of piperazine rings is 1. The van der Waals surface area contributed by atoms with E-state index in [2.05, 4.69) is 4.99 Å². The van der Waals surface area contributed by atoms with Gasteiger partial charge in [0.15, 0.2) is 6.17 Å². The van der Waals surface area contributed by atoms with E-state index in [1.807, 2.05) is 9.80 Å². The van der Waals surface area contributed by atoms with Crippen molar-refractivity contribution >= 4 is 12.1 Å². The van der Waals surface area contributed by atoms with E-state index in [9.17, 15) is 9.18 Å². The molecule has 0 bridgehead atoms. The molecule has 0 aromatic rings. The lowest BCUT2D eigenvalue weighted by Crippen LogP contribution is -2.64. The van der Waals surface area contributed by atoms with Crippen LogP contribution in [0.25, 0.3) is 0 Å². The van der Waals surface area contributed by atoms with Crippen molar-refractivity contribution < 1.29 is 9.18 Å². The fourth-order valence-electron chi connectivity index (χ4n) is 3.37. The number of carbonyl (C=O) groups excluding carboxylic acids is 1. The van der Waals surface area contributed by atoms with Gasteiger partial charge in [-0.2, -0.15) is 0 Å². The summed E-state index contributed by atoms with van der Waals surface area (Å²) in [7, 11) is 0. The lowest BCUT2D eigenvalue weighted by Gasteiger charge is -2.44. The number of carbonyl (C=O) groups is 1. The first-order valence-electron chi connectivity index (χ1n) is 6.60. The van der Waals surface area contributed by atoms with Crippen molar-refractivity contribution in [2.75, 3.05) is 26.2 Å². The topological polar surface area (TPSA) is 61.9 Å². The molecule has 2 fully saturated rings. The molecule has 4 unspecified atom stereocenters. The number of nitrogens with zero attached hydrogens (tertiary/aromatic N) is 3. The molecule has 0 saturated carbocycles. The number of aliphatic imine (C=N–C) groups is 1. The molecule has 3 aliphatic heterocycles. The zero-order valence-corrected chi connectivity index (χ0v) is 10.3. The van der Waals surface area contributed by atoms with Crippen LogP contribution >= 0.6 is 0 Å². The normalized spacial score (nSPS) is 41.2. The number of alkyl halides is 1. The number of nitrogens with two attached hydrogens (primary N) is 1. The summed E-state index contributed by atoms with van der Waals surface area (Å²) in [6.07, 6.45) is 2.26. The molecule has 2 N–H and O–H groups in total. The maximum Gasteiger partial charge on any atom is 0.237 e. The Kier molecular flexibility index (Phi) is 3.07. The third-order valence-electron chi connectivity index (χ3n) is 4.23. The van der Waals surface area contributed by atoms with Gasteiger partial charge >= 0.3 is 0 Å². The minimum atomic E-state index is -1.16. The lowest BCUT2D eigenvalue weighted by molar-refractivity contribution is -0.139. The summed E-state index contributed by atoms with van der Waals surface area (Å²) in [6, 6.07) is -0.454. The van der Waals surface area contributed by atoms with Gasteiger partial charge in [-0.25, -0.2) is 4.39 Å². The summed E-state index contributed by atoms with van der Waals surface area (Å²) in [5.74, 6) is 0.116. The fourth-order valence-corrected chi connectivity index (χ4v) is 3.37. The van der Waals surface area contributed by atoms with E-state index in [1.165, 1.54) is 6.21 Å². The molecule has 3 aliphatic rings. The zero-order chi connectivity index (χ0) is 12.7. The van der Waals surface area contributed by atoms with Crippen LogP contribution in [0.15, 0.2) is 4.99 Å². The highest BCUT2D eigenvalue weighted by atomic mass is 19.1. The predicted molar refractivity (Wildman–Crippen MR) is 66.3 cm³/mol. The molecule has 0 spiro atoms. The van der Waals surface area contributed by atoms with E-state index < -0.39 is 12.2 Å². The molecule has 0 aliphatic carbocycles. The van der Waals surface area contributed by atoms with Crippen LogP contribution in [0.4, 0.5) is 4.39 Å². The van der Waals surface area contributed by atoms with Crippen molar-refractivity contribution in [1.29, 1.82) is 0 Å². The first kappa shape index (κ1) is 12.0. The molecule has 0 radical (unpaired) electrons. The summed E-state index contributed by atoms with van der Waals surface area (Å²) in [5.41, 5.74) is 5.96. The number of hydrogen-bond donors (Lipinski definition) is 1. The van der Waals surface area contributed by atoms with Gasteiger partial charge in [-0.1, -0.05) is 0 Å². The van der Waals surface area contributed by atoms with Crippen LogP contribution in [0.2, 0.25) is 0 Å². The smallest absolute Gasteiger partial charge is 0.237 e. The van der Waals surface area contributed by atoms with E-state index in [-0.39, 0.29) is 18.0 Å². The highest BCUT2D eigenvalue weighted by Gasteiger charge is 2.42. The molecular formula is C12H19FN4O. The average molecular weight is 254 g/mol. The van der Waals surface area contributed by atoms with Crippen molar-refractivity contribution in [3.8, 4) is 0 Å². The molecule has 5 nitrogen and oxygen atoms in total. The lowest BCUT2D eigenvalue weighted by atomic mass is 9.98. The number of amides is 1. The Labute approximate surface area is 106 Å². The molecule has 0 aromatic heterocycles. The SMILES string of the molecule is NC1CN=CC(F)C1N1CC(=O)N2CCCC2C1. The first-order valence-corrected chi connectivity index (χ1v) is 6.60. The van der Waals surface area contributed by atoms with Crippen LogP contribution in [0.1, 0.15) is 12.8 Å². The monoisotopic (exact) mass is 254 g/mol. The van der Waals surface area contributed by atoms with Crippen LogP contribution < -0.4 is 5.73 Å². The molecule has 100 valence electrons. The van der Waals surface area contributed by atoms with Crippen LogP contribution in [-0.2, 0) is 4.79 Å². The maximum absolute atomic E-state index is 14.0. The van der Waals surface area contributed by atoms with Gasteiger partial charge < -0.3 is 10.6 Å². The highest BCUT2D eigenvalue weighted by molar-refractivity contribution is 5.80. The number of hydrogen-bond acceptors (Lipinski definition) is 4. The van der Waals surface area contributed by atoms with Crippen molar-refractivity contribution in [3.05, 3.63) is 0 Å². The molecular weight excluding hydrogens is 235 g/mol. The van der Waals surface area contributed by atoms with Gasteiger partial charge in [-0.05, 0) is 12.8 Å². The Morgan fingerprint density at radius 1 is 1.50 bits per heavy atom. The second kappa shape index (κ2) is 4.59. The number of rotatable bonds is 1. The standard InChI is InChI=1S/C12H19FN4O/c13-9-4-15-5-10(14)12(9)16-6-8-2-1-3-17(8)11(18)7-16/h4,8-10,12H,1-3,5-7,14H2. The van der Waals surface area contributed by atoms with Crippen LogP contribution in [-0.4, -0.2) is 72.4 Å². The molecule has 6 heteroatoms. The second-order valence-electron chi connectivity index (χ2n) is 5.43. The molecule has 18 heavy (non-hydrogen) atoms. The Morgan fingerprint density at radius 3 is 3.11 bits per heavy atom. The molecule has 0 aromatic carbocycles. The summed E-state index contributed by atoms with van der Waals surface area (Å²) in [4.78, 5) is 19.8. The third kappa shape index (κ3) is 1.93. The van der Waals surface area contributed by atoms with Crippen molar-refractivity contribution in [3.63, 3.8) is 0 Å². The minimum Gasteiger partial charge on any atom is -0.337 e. The van der Waals surface area contributed by atoms with E-state index in [1.54, 1.807) is 0 Å². The number of fused-ring (bicyclic) bond motifs is 1. The van der Waals surface area contributed by atoms with Crippen molar-refractivity contribution in [2.24, 2.45) is 10.7 Å². The second-order valence-corrected chi connectivity index (χ2v) is 5.43. The molecule has 3 heterocycles. The fraction of sp³-hybridized carbons (Fsp3) is 0.833. The highest BCUT2D eigenvalue weighted by Crippen LogP contribution is 2.26. The van der Waals surface area contributed by atoms with Gasteiger partial charge in [0.1, 0.15) is 0 Å². The van der Waals surface area contributed by atoms with Crippen molar-refractivity contribution in [2.45, 2.75) is 37.1 Å². The van der Waals surface area contributed by atoms with E-state index in [0.29, 0.717) is 13.1 Å². The average Bonchev–Trinajstić information content (AvgIpc) is 2.77. The van der Waals surface area contributed by atoms with Crippen LogP contribution in [0.3, 0.4) is 0 Å². The van der Waals surface area contributed by atoms with Crippen LogP contribution in [0.5, 0.6) is 0 Å². The van der Waals surface area contributed by atoms with E-state index in [0.717, 1.165) is 25.9 Å². The van der Waals surface area contributed by atoms with Gasteiger partial charge in [-0.3, -0.25) is 14.7 Å². The van der Waals surface area contributed by atoms with Gasteiger partial charge in [-0.15, -0.1) is 0 Å². The van der Waals surface area contributed by atoms with E-state index >= 15 is 0 Å². The zero-order valence-electron chi connectivity index (χ0n) is 10.3. The minimum absolute atomic E-state index is 0.116. The Morgan fingerprint density at radius 2 is 2.33 bits per heavy atom. The summed E-state index contributed by atoms with van der Waals surface area (Å²) in [5, 5.41) is 0. The van der Waals surface area contributed by atoms with E-state index in [4.69, 9.17) is 5.73 Å². The Bertz CT molecular complexity index is 375. The largest absolute Gasteiger partial charge is 0.337 e. The summed E-state index contributed by atoms with van der Waals surface area (Å²) >= 11 is 0. The summed E-state index contributed by atoms with van der Waals surface area (Å²) in [6.45, 7) is 2.35. The van der Waals surface area contributed by atoms with Gasteiger partial charge in [0.2, 0.25) is 5.91 Å². The summed E-state index contributed by atoms with van der Waals surface area (Å²) < 4.78 is 14.0. The third-order valence-corrected chi connectivity index (χ3v) is 4.23. The molecule has 2 saturated heterocycles. The van der Waals surface area contributed by atoms with Crippen molar-refractivity contribution in [1.82, 2.24) is 9.80 Å². The van der Waals surface area contributed by atoms with Crippen LogP contribution in [0, 0.1) is 0 Å². The van der Waals surface area contributed by atoms with Gasteiger partial charge in [0.25, 0.3) is 0 Å².